The van der Waals surface area contributed by atoms with Crippen LogP contribution in [0.5, 0.6) is 0 Å². The number of hydrogen-bond donors (Lipinski definition) is 0. The van der Waals surface area contributed by atoms with Gasteiger partial charge in [-0.3, -0.25) is 4.79 Å². The molecule has 0 atom stereocenters. The number of nitrogens with zero attached hydrogens (tertiary/aromatic N) is 3. The summed E-state index contributed by atoms with van der Waals surface area (Å²) in [6.45, 7) is 14.6. The number of hydrogen-bond acceptors (Lipinski definition) is 4. The molecule has 1 aromatic heterocycles. The minimum atomic E-state index is 0.151. The van der Waals surface area contributed by atoms with Gasteiger partial charge in [0, 0.05) is 24.7 Å². The van der Waals surface area contributed by atoms with Crippen molar-refractivity contribution >= 4 is 17.2 Å². The molecule has 28 heavy (non-hydrogen) atoms. The number of rotatable bonds is 6. The molecule has 0 bridgehead atoms. The fourth-order valence-corrected chi connectivity index (χ4v) is 5.09. The molecule has 3 rings (SSSR count). The molecule has 2 heterocycles. The van der Waals surface area contributed by atoms with Crippen molar-refractivity contribution in [2.75, 3.05) is 26.2 Å². The van der Waals surface area contributed by atoms with Crippen molar-refractivity contribution in [3.05, 3.63) is 40.4 Å². The van der Waals surface area contributed by atoms with Crippen LogP contribution >= 0.6 is 11.3 Å². The van der Waals surface area contributed by atoms with Crippen molar-refractivity contribution in [2.24, 2.45) is 0 Å². The summed E-state index contributed by atoms with van der Waals surface area (Å²) in [6, 6.07) is 9.18. The van der Waals surface area contributed by atoms with Gasteiger partial charge >= 0.3 is 0 Å². The SMILES string of the molecule is CCN(CC)C1CCN(C(=O)c2sc(-c3ccc(C(C)C)cc3)nc2C)CC1. The lowest BCUT2D eigenvalue weighted by atomic mass is 10.0. The Morgan fingerprint density at radius 3 is 2.32 bits per heavy atom. The van der Waals surface area contributed by atoms with Crippen LogP contribution in [-0.4, -0.2) is 52.9 Å². The summed E-state index contributed by atoms with van der Waals surface area (Å²) in [5.74, 6) is 0.668. The van der Waals surface area contributed by atoms with Gasteiger partial charge in [0.25, 0.3) is 5.91 Å². The Morgan fingerprint density at radius 1 is 1.18 bits per heavy atom. The van der Waals surface area contributed by atoms with E-state index in [1.54, 1.807) is 0 Å². The number of carbonyl (C=O) groups excluding carboxylic acids is 1. The molecule has 0 spiro atoms. The lowest BCUT2D eigenvalue weighted by molar-refractivity contribution is 0.0635. The fourth-order valence-electron chi connectivity index (χ4n) is 4.05. The first-order valence-corrected chi connectivity index (χ1v) is 11.4. The highest BCUT2D eigenvalue weighted by molar-refractivity contribution is 7.17. The molecular weight excluding hydrogens is 366 g/mol. The number of amides is 1. The minimum absolute atomic E-state index is 0.151. The van der Waals surface area contributed by atoms with Crippen LogP contribution in [-0.2, 0) is 0 Å². The molecule has 1 saturated heterocycles. The highest BCUT2D eigenvalue weighted by Gasteiger charge is 2.28. The largest absolute Gasteiger partial charge is 0.338 e. The maximum atomic E-state index is 13.1. The molecule has 1 aliphatic rings. The van der Waals surface area contributed by atoms with Gasteiger partial charge in [-0.15, -0.1) is 11.3 Å². The molecule has 152 valence electrons. The number of thiazole rings is 1. The molecule has 0 unspecified atom stereocenters. The van der Waals surface area contributed by atoms with Gasteiger partial charge in [0.05, 0.1) is 5.69 Å². The molecule has 5 heteroatoms. The zero-order valence-corrected chi connectivity index (χ0v) is 18.7. The van der Waals surface area contributed by atoms with Crippen molar-refractivity contribution in [1.82, 2.24) is 14.8 Å². The van der Waals surface area contributed by atoms with E-state index >= 15 is 0 Å². The third-order valence-electron chi connectivity index (χ3n) is 5.90. The lowest BCUT2D eigenvalue weighted by Gasteiger charge is -2.37. The molecule has 0 radical (unpaired) electrons. The molecule has 4 nitrogen and oxygen atoms in total. The zero-order valence-electron chi connectivity index (χ0n) is 17.9. The van der Waals surface area contributed by atoms with E-state index in [2.05, 4.69) is 56.9 Å². The van der Waals surface area contributed by atoms with E-state index in [0.29, 0.717) is 12.0 Å². The van der Waals surface area contributed by atoms with Gasteiger partial charge in [0.2, 0.25) is 0 Å². The smallest absolute Gasteiger partial charge is 0.265 e. The summed E-state index contributed by atoms with van der Waals surface area (Å²) in [5.41, 5.74) is 3.27. The van der Waals surface area contributed by atoms with Crippen LogP contribution in [0, 0.1) is 6.92 Å². The van der Waals surface area contributed by atoms with E-state index in [1.807, 2.05) is 11.8 Å². The molecule has 0 aliphatic carbocycles. The number of carbonyl (C=O) groups is 1. The third kappa shape index (κ3) is 4.47. The van der Waals surface area contributed by atoms with Crippen LogP contribution < -0.4 is 0 Å². The lowest BCUT2D eigenvalue weighted by Crippen LogP contribution is -2.46. The van der Waals surface area contributed by atoms with Gasteiger partial charge in [0.1, 0.15) is 9.88 Å². The zero-order chi connectivity index (χ0) is 20.3. The number of benzene rings is 1. The maximum absolute atomic E-state index is 13.1. The summed E-state index contributed by atoms with van der Waals surface area (Å²) in [5, 5.41) is 0.939. The Morgan fingerprint density at radius 2 is 1.79 bits per heavy atom. The monoisotopic (exact) mass is 399 g/mol. The van der Waals surface area contributed by atoms with E-state index in [-0.39, 0.29) is 5.91 Å². The number of aryl methyl sites for hydroxylation is 1. The molecular formula is C23H33N3OS. The second kappa shape index (κ2) is 9.19. The van der Waals surface area contributed by atoms with Gasteiger partial charge in [-0.25, -0.2) is 4.98 Å². The maximum Gasteiger partial charge on any atom is 0.265 e. The van der Waals surface area contributed by atoms with Crippen LogP contribution in [0.4, 0.5) is 0 Å². The Hall–Kier alpha value is -1.72. The second-order valence-electron chi connectivity index (χ2n) is 7.95. The molecule has 1 amide bonds. The Balaban J connectivity index is 1.70. The van der Waals surface area contributed by atoms with Crippen LogP contribution in [0.3, 0.4) is 0 Å². The third-order valence-corrected chi connectivity index (χ3v) is 7.09. The van der Waals surface area contributed by atoms with E-state index in [4.69, 9.17) is 4.98 Å². The van der Waals surface area contributed by atoms with Crippen molar-refractivity contribution in [3.63, 3.8) is 0 Å². The highest BCUT2D eigenvalue weighted by atomic mass is 32.1. The first-order chi connectivity index (χ1) is 13.4. The average molecular weight is 400 g/mol. The number of aromatic nitrogens is 1. The Kier molecular flexibility index (Phi) is 6.89. The molecule has 0 N–H and O–H groups in total. The first-order valence-electron chi connectivity index (χ1n) is 10.6. The minimum Gasteiger partial charge on any atom is -0.338 e. The van der Waals surface area contributed by atoms with E-state index < -0.39 is 0 Å². The molecule has 2 aromatic rings. The predicted molar refractivity (Wildman–Crippen MR) is 118 cm³/mol. The summed E-state index contributed by atoms with van der Waals surface area (Å²) >= 11 is 1.53. The topological polar surface area (TPSA) is 36.4 Å². The van der Waals surface area contributed by atoms with Crippen LogP contribution in [0.1, 0.15) is 67.4 Å². The normalized spacial score (nSPS) is 15.6. The van der Waals surface area contributed by atoms with Gasteiger partial charge < -0.3 is 9.80 Å². The molecule has 1 fully saturated rings. The Bertz CT molecular complexity index is 785. The van der Waals surface area contributed by atoms with Gasteiger partial charge in [0.15, 0.2) is 0 Å². The van der Waals surface area contributed by atoms with Crippen molar-refractivity contribution in [2.45, 2.75) is 59.4 Å². The predicted octanol–water partition coefficient (Wildman–Crippen LogP) is 5.19. The molecule has 1 aromatic carbocycles. The first kappa shape index (κ1) is 21.0. The Labute approximate surface area is 173 Å². The quantitative estimate of drug-likeness (QED) is 0.671. The van der Waals surface area contributed by atoms with E-state index in [1.165, 1.54) is 16.9 Å². The molecule has 1 aliphatic heterocycles. The van der Waals surface area contributed by atoms with Gasteiger partial charge in [-0.05, 0) is 44.3 Å². The summed E-state index contributed by atoms with van der Waals surface area (Å²) in [4.78, 5) is 23.1. The summed E-state index contributed by atoms with van der Waals surface area (Å²) < 4.78 is 0. The fraction of sp³-hybridized carbons (Fsp3) is 0.565. The van der Waals surface area contributed by atoms with E-state index in [9.17, 15) is 4.79 Å². The number of piperidine rings is 1. The van der Waals surface area contributed by atoms with Crippen molar-refractivity contribution in [3.8, 4) is 10.6 Å². The number of likely N-dealkylation sites (tertiary alicyclic amines) is 1. The van der Waals surface area contributed by atoms with Gasteiger partial charge in [-0.2, -0.15) is 0 Å². The van der Waals surface area contributed by atoms with Crippen LogP contribution in [0.15, 0.2) is 24.3 Å². The average Bonchev–Trinajstić information content (AvgIpc) is 3.10. The van der Waals surface area contributed by atoms with Crippen LogP contribution in [0.25, 0.3) is 10.6 Å². The van der Waals surface area contributed by atoms with Crippen molar-refractivity contribution < 1.29 is 4.79 Å². The second-order valence-corrected chi connectivity index (χ2v) is 8.95. The van der Waals surface area contributed by atoms with Crippen molar-refractivity contribution in [1.29, 1.82) is 0 Å². The van der Waals surface area contributed by atoms with E-state index in [0.717, 1.165) is 60.2 Å². The summed E-state index contributed by atoms with van der Waals surface area (Å²) in [7, 11) is 0. The molecule has 0 saturated carbocycles. The van der Waals surface area contributed by atoms with Crippen LogP contribution in [0.2, 0.25) is 0 Å². The summed E-state index contributed by atoms with van der Waals surface area (Å²) in [6.07, 6.45) is 2.13. The highest BCUT2D eigenvalue weighted by Crippen LogP contribution is 2.30. The standard InChI is InChI=1S/C23H33N3OS/c1-6-25(7-2)20-12-14-26(15-13-20)23(27)21-17(5)24-22(28-21)19-10-8-18(9-11-19)16(3)4/h8-11,16,20H,6-7,12-15H2,1-5H3. The van der Waals surface area contributed by atoms with Gasteiger partial charge in [-0.1, -0.05) is 52.0 Å².